The summed E-state index contributed by atoms with van der Waals surface area (Å²) in [5, 5.41) is 0. The van der Waals surface area contributed by atoms with Gasteiger partial charge in [-0.2, -0.15) is 0 Å². The Morgan fingerprint density at radius 3 is 2.15 bits per heavy atom. The van der Waals surface area contributed by atoms with Crippen molar-refractivity contribution in [1.82, 2.24) is 9.80 Å². The highest BCUT2D eigenvalue weighted by Gasteiger charge is 2.30. The maximum atomic E-state index is 13.1. The summed E-state index contributed by atoms with van der Waals surface area (Å²) in [5.74, 6) is 1.29. The van der Waals surface area contributed by atoms with Gasteiger partial charge in [-0.05, 0) is 25.5 Å². The van der Waals surface area contributed by atoms with Crippen LogP contribution >= 0.6 is 0 Å². The normalized spacial score (nSPS) is 15.5. The fourth-order valence-corrected chi connectivity index (χ4v) is 3.29. The van der Waals surface area contributed by atoms with Crippen LogP contribution in [0, 0.1) is 12.3 Å². The summed E-state index contributed by atoms with van der Waals surface area (Å²) in [6.07, 6.45) is 0.769. The molecule has 6 heteroatoms. The van der Waals surface area contributed by atoms with Crippen molar-refractivity contribution in [3.8, 4) is 11.5 Å². The van der Waals surface area contributed by atoms with Crippen molar-refractivity contribution in [3.63, 3.8) is 0 Å². The van der Waals surface area contributed by atoms with Crippen LogP contribution < -0.4 is 9.47 Å². The molecule has 0 atom stereocenters. The van der Waals surface area contributed by atoms with Crippen LogP contribution in [0.3, 0.4) is 0 Å². The molecule has 1 fully saturated rings. The molecular weight excluding hydrogens is 332 g/mol. The number of benzene rings is 1. The highest BCUT2D eigenvalue weighted by molar-refractivity contribution is 5.97. The molecule has 1 aliphatic heterocycles. The molecule has 0 aromatic heterocycles. The van der Waals surface area contributed by atoms with Gasteiger partial charge in [-0.3, -0.25) is 9.59 Å². The van der Waals surface area contributed by atoms with E-state index in [4.69, 9.17) is 9.47 Å². The zero-order valence-electron chi connectivity index (χ0n) is 16.7. The Labute approximate surface area is 156 Å². The van der Waals surface area contributed by atoms with Gasteiger partial charge in [-0.15, -0.1) is 0 Å². The second-order valence-corrected chi connectivity index (χ2v) is 7.66. The van der Waals surface area contributed by atoms with Crippen molar-refractivity contribution in [2.75, 3.05) is 40.4 Å². The standard InChI is InChI=1S/C20H30N2O4/c1-14-16(25-5)9-8-15(17(14)26-6)18(23)21-10-7-11-22(13-12-21)19(24)20(2,3)4/h8-9H,7,10-13H2,1-6H3. The minimum atomic E-state index is -0.407. The number of methoxy groups -OCH3 is 2. The number of carbonyl (C=O) groups excluding carboxylic acids is 2. The second-order valence-electron chi connectivity index (χ2n) is 7.66. The van der Waals surface area contributed by atoms with E-state index >= 15 is 0 Å². The summed E-state index contributed by atoms with van der Waals surface area (Å²) in [7, 11) is 3.16. The van der Waals surface area contributed by atoms with Gasteiger partial charge >= 0.3 is 0 Å². The second kappa shape index (κ2) is 7.98. The van der Waals surface area contributed by atoms with Gasteiger partial charge in [0.2, 0.25) is 5.91 Å². The minimum Gasteiger partial charge on any atom is -0.496 e. The number of hydrogen-bond acceptors (Lipinski definition) is 4. The van der Waals surface area contributed by atoms with Gasteiger partial charge in [0.05, 0.1) is 19.8 Å². The lowest BCUT2D eigenvalue weighted by atomic mass is 9.94. The average molecular weight is 362 g/mol. The highest BCUT2D eigenvalue weighted by atomic mass is 16.5. The minimum absolute atomic E-state index is 0.0716. The first-order chi connectivity index (χ1) is 12.2. The van der Waals surface area contributed by atoms with E-state index in [9.17, 15) is 9.59 Å². The molecule has 2 amide bonds. The summed E-state index contributed by atoms with van der Waals surface area (Å²) in [6.45, 7) is 10.0. The van der Waals surface area contributed by atoms with E-state index < -0.39 is 5.41 Å². The van der Waals surface area contributed by atoms with Crippen molar-refractivity contribution in [2.24, 2.45) is 5.41 Å². The topological polar surface area (TPSA) is 59.1 Å². The smallest absolute Gasteiger partial charge is 0.257 e. The Morgan fingerprint density at radius 1 is 0.962 bits per heavy atom. The lowest BCUT2D eigenvalue weighted by Crippen LogP contribution is -2.42. The Balaban J connectivity index is 2.19. The SMILES string of the molecule is COc1ccc(C(=O)N2CCCN(C(=O)C(C)(C)C)CC2)c(OC)c1C. The third-order valence-electron chi connectivity index (χ3n) is 4.72. The maximum absolute atomic E-state index is 13.1. The fourth-order valence-electron chi connectivity index (χ4n) is 3.29. The zero-order valence-corrected chi connectivity index (χ0v) is 16.7. The molecule has 0 N–H and O–H groups in total. The van der Waals surface area contributed by atoms with Gasteiger partial charge in [-0.25, -0.2) is 0 Å². The number of nitrogens with zero attached hydrogens (tertiary/aromatic N) is 2. The predicted octanol–water partition coefficient (Wildman–Crippen LogP) is 2.73. The van der Waals surface area contributed by atoms with Crippen LogP contribution in [0.25, 0.3) is 0 Å². The third kappa shape index (κ3) is 4.11. The van der Waals surface area contributed by atoms with Gasteiger partial charge in [0.15, 0.2) is 0 Å². The van der Waals surface area contributed by atoms with Crippen molar-refractivity contribution in [2.45, 2.75) is 34.1 Å². The zero-order chi connectivity index (χ0) is 19.5. The van der Waals surface area contributed by atoms with E-state index in [0.29, 0.717) is 43.2 Å². The van der Waals surface area contributed by atoms with Gasteiger partial charge < -0.3 is 19.3 Å². The molecular formula is C20H30N2O4. The summed E-state index contributed by atoms with van der Waals surface area (Å²) in [5.41, 5.74) is 0.928. The monoisotopic (exact) mass is 362 g/mol. The summed E-state index contributed by atoms with van der Waals surface area (Å²) >= 11 is 0. The lowest BCUT2D eigenvalue weighted by molar-refractivity contribution is -0.139. The molecule has 0 spiro atoms. The van der Waals surface area contributed by atoms with Crippen LogP contribution in [0.4, 0.5) is 0 Å². The van der Waals surface area contributed by atoms with Gasteiger partial charge in [0, 0.05) is 37.2 Å². The molecule has 0 bridgehead atoms. The number of amides is 2. The quantitative estimate of drug-likeness (QED) is 0.830. The van der Waals surface area contributed by atoms with Gasteiger partial charge in [0.1, 0.15) is 11.5 Å². The summed E-state index contributed by atoms with van der Waals surface area (Å²) in [6, 6.07) is 3.54. The van der Waals surface area contributed by atoms with Crippen LogP contribution in [0.2, 0.25) is 0 Å². The molecule has 0 aliphatic carbocycles. The van der Waals surface area contributed by atoms with Crippen molar-refractivity contribution < 1.29 is 19.1 Å². The van der Waals surface area contributed by atoms with E-state index in [0.717, 1.165) is 12.0 Å². The Morgan fingerprint density at radius 2 is 1.58 bits per heavy atom. The maximum Gasteiger partial charge on any atom is 0.257 e. The molecule has 1 aromatic carbocycles. The third-order valence-corrected chi connectivity index (χ3v) is 4.72. The summed E-state index contributed by atoms with van der Waals surface area (Å²) < 4.78 is 10.8. The van der Waals surface area contributed by atoms with E-state index in [1.54, 1.807) is 31.3 Å². The van der Waals surface area contributed by atoms with Crippen molar-refractivity contribution >= 4 is 11.8 Å². The number of rotatable bonds is 3. The van der Waals surface area contributed by atoms with Gasteiger partial charge in [-0.1, -0.05) is 20.8 Å². The predicted molar refractivity (Wildman–Crippen MR) is 101 cm³/mol. The first-order valence-electron chi connectivity index (χ1n) is 9.01. The Hall–Kier alpha value is -2.24. The van der Waals surface area contributed by atoms with E-state index in [1.807, 2.05) is 32.6 Å². The fraction of sp³-hybridized carbons (Fsp3) is 0.600. The van der Waals surface area contributed by atoms with Crippen LogP contribution in [-0.2, 0) is 4.79 Å². The number of ether oxygens (including phenoxy) is 2. The van der Waals surface area contributed by atoms with Crippen LogP contribution in [0.5, 0.6) is 11.5 Å². The molecule has 2 rings (SSSR count). The molecule has 0 saturated carbocycles. The first kappa shape index (κ1) is 20.1. The van der Waals surface area contributed by atoms with E-state index in [1.165, 1.54) is 0 Å². The molecule has 1 aromatic rings. The van der Waals surface area contributed by atoms with Crippen molar-refractivity contribution in [3.05, 3.63) is 23.3 Å². The van der Waals surface area contributed by atoms with Crippen molar-refractivity contribution in [1.29, 1.82) is 0 Å². The number of carbonyl (C=O) groups is 2. The number of hydrogen-bond donors (Lipinski definition) is 0. The van der Waals surface area contributed by atoms with Crippen LogP contribution in [-0.4, -0.2) is 62.0 Å². The van der Waals surface area contributed by atoms with Gasteiger partial charge in [0.25, 0.3) is 5.91 Å². The lowest BCUT2D eigenvalue weighted by Gasteiger charge is -2.28. The molecule has 26 heavy (non-hydrogen) atoms. The summed E-state index contributed by atoms with van der Waals surface area (Å²) in [4.78, 5) is 29.3. The van der Waals surface area contributed by atoms with E-state index in [2.05, 4.69) is 0 Å². The molecule has 144 valence electrons. The molecule has 0 radical (unpaired) electrons. The van der Waals surface area contributed by atoms with Crippen LogP contribution in [0.1, 0.15) is 43.1 Å². The largest absolute Gasteiger partial charge is 0.496 e. The molecule has 0 unspecified atom stereocenters. The Bertz CT molecular complexity index is 679. The molecule has 1 aliphatic rings. The highest BCUT2D eigenvalue weighted by Crippen LogP contribution is 2.32. The molecule has 1 saturated heterocycles. The average Bonchev–Trinajstić information content (AvgIpc) is 2.85. The van der Waals surface area contributed by atoms with Crippen LogP contribution in [0.15, 0.2) is 12.1 Å². The Kier molecular flexibility index (Phi) is 6.16. The molecule has 6 nitrogen and oxygen atoms in total. The van der Waals surface area contributed by atoms with E-state index in [-0.39, 0.29) is 11.8 Å². The first-order valence-corrected chi connectivity index (χ1v) is 9.01. The molecule has 1 heterocycles.